The van der Waals surface area contributed by atoms with Crippen molar-refractivity contribution in [3.8, 4) is 34.4 Å². The zero-order valence-corrected chi connectivity index (χ0v) is 33.0. The zero-order valence-electron chi connectivity index (χ0n) is 32.0. The number of alkyl halides is 1. The van der Waals surface area contributed by atoms with Gasteiger partial charge in [-0.2, -0.15) is 9.97 Å². The summed E-state index contributed by atoms with van der Waals surface area (Å²) in [7, 11) is -2.07. The minimum atomic E-state index is -2.07. The Hall–Kier alpha value is -3.78. The van der Waals surface area contributed by atoms with E-state index < -0.39 is 20.1 Å². The van der Waals surface area contributed by atoms with Gasteiger partial charge in [0.15, 0.2) is 5.82 Å². The van der Waals surface area contributed by atoms with Crippen LogP contribution in [0.2, 0.25) is 16.6 Å². The van der Waals surface area contributed by atoms with Crippen LogP contribution in [0.4, 0.5) is 14.6 Å². The van der Waals surface area contributed by atoms with Gasteiger partial charge in [0.1, 0.15) is 37.9 Å². The lowest BCUT2D eigenvalue weighted by Gasteiger charge is -2.38. The summed E-state index contributed by atoms with van der Waals surface area (Å²) in [5.74, 6) is 3.87. The van der Waals surface area contributed by atoms with E-state index in [1.54, 1.807) is 18.2 Å². The molecule has 4 aromatic rings. The number of aromatic hydroxyl groups is 1. The molecule has 0 amide bonds. The highest BCUT2D eigenvalue weighted by Gasteiger charge is 2.49. The van der Waals surface area contributed by atoms with Crippen LogP contribution in [0.5, 0.6) is 11.8 Å². The van der Waals surface area contributed by atoms with Crippen molar-refractivity contribution in [3.05, 3.63) is 53.8 Å². The number of benzene rings is 3. The minimum absolute atomic E-state index is 0.0558. The van der Waals surface area contributed by atoms with Gasteiger partial charge in [0.25, 0.3) is 0 Å². The Bertz CT molecular complexity index is 2080. The van der Waals surface area contributed by atoms with Gasteiger partial charge in [-0.25, -0.2) is 8.78 Å². The Morgan fingerprint density at radius 2 is 1.74 bits per heavy atom. The summed E-state index contributed by atoms with van der Waals surface area (Å²) in [4.78, 5) is 14.3. The van der Waals surface area contributed by atoms with Crippen LogP contribution in [-0.4, -0.2) is 84.6 Å². The number of hydrogen-bond acceptors (Lipinski definition) is 7. The van der Waals surface area contributed by atoms with E-state index in [-0.39, 0.29) is 41.5 Å². The number of phenols is 1. The number of anilines is 1. The quantitative estimate of drug-likeness (QED) is 0.138. The van der Waals surface area contributed by atoms with Crippen molar-refractivity contribution in [2.45, 2.75) is 114 Å². The fraction of sp³-hybridized carbons (Fsp3) is 0.535. The number of nitrogens with zero attached hydrogens (tertiary/aromatic N) is 4. The van der Waals surface area contributed by atoms with Crippen LogP contribution in [-0.2, 0) is 0 Å². The van der Waals surface area contributed by atoms with Crippen LogP contribution in [0, 0.1) is 17.3 Å². The van der Waals surface area contributed by atoms with Gasteiger partial charge < -0.3 is 20.1 Å². The maximum atomic E-state index is 17.4. The molecule has 0 spiro atoms. The molecule has 53 heavy (non-hydrogen) atoms. The van der Waals surface area contributed by atoms with E-state index >= 15 is 4.39 Å². The molecule has 280 valence electrons. The van der Waals surface area contributed by atoms with Crippen LogP contribution in [0.3, 0.4) is 0 Å². The molecule has 3 aromatic carbocycles. The maximum absolute atomic E-state index is 17.4. The molecule has 4 aliphatic rings. The predicted octanol–water partition coefficient (Wildman–Crippen LogP) is 8.76. The van der Waals surface area contributed by atoms with E-state index in [1.165, 1.54) is 0 Å². The third-order valence-electron chi connectivity index (χ3n) is 13.2. The van der Waals surface area contributed by atoms with Crippen LogP contribution < -0.4 is 15.0 Å². The number of fused-ring (bicyclic) bond motifs is 5. The Morgan fingerprint density at radius 3 is 2.45 bits per heavy atom. The van der Waals surface area contributed by atoms with Crippen molar-refractivity contribution in [1.29, 1.82) is 0 Å². The van der Waals surface area contributed by atoms with Crippen molar-refractivity contribution in [3.63, 3.8) is 0 Å². The molecule has 0 aliphatic carbocycles. The standard InChI is InChI=1S/C43H53F2N5O2Si/c1-26(2)53(27(3)4,28(5)6)18-15-29-9-7-10-30-19-34(51)20-37(38(29)30)35-13-14-36-40(39(35)45)47-42(48-41(36)50-32-11-12-33(50)23-46-22-32)52-25-43-16-8-17-49(43)24-31(44)21-43/h7,9-10,13-14,19-20,26-28,31-33,46,51H,8,11-12,16-17,21-25H2,1-6H3/t31-,32-,33+,43+/m1/s1. The second-order valence-corrected chi connectivity index (χ2v) is 22.6. The molecule has 1 aromatic heterocycles. The monoisotopic (exact) mass is 737 g/mol. The number of halogens is 2. The molecule has 2 N–H and O–H groups in total. The Kier molecular flexibility index (Phi) is 9.44. The largest absolute Gasteiger partial charge is 0.508 e. The average molecular weight is 738 g/mol. The smallest absolute Gasteiger partial charge is 0.319 e. The first-order chi connectivity index (χ1) is 25.4. The van der Waals surface area contributed by atoms with E-state index in [0.717, 1.165) is 61.7 Å². The first-order valence-electron chi connectivity index (χ1n) is 19.7. The summed E-state index contributed by atoms with van der Waals surface area (Å²) in [6.07, 6.45) is 3.47. The van der Waals surface area contributed by atoms with Crippen molar-refractivity contribution >= 4 is 35.6 Å². The SMILES string of the molecule is CC(C)[Si](C#Cc1cccc2cc(O)cc(-c3ccc4c(N5[C@@H]6CC[C@H]5CNC6)nc(OC[C@@]56CCCN5C[C@H](F)C6)nc4c3F)c12)(C(C)C)C(C)C. The number of hydrogen-bond donors (Lipinski definition) is 2. The second-order valence-electron chi connectivity index (χ2n) is 17.0. The van der Waals surface area contributed by atoms with Gasteiger partial charge in [-0.05, 0) is 84.1 Å². The van der Waals surface area contributed by atoms with Crippen LogP contribution >= 0.6 is 0 Å². The van der Waals surface area contributed by atoms with Gasteiger partial charge in [-0.15, -0.1) is 5.54 Å². The summed E-state index contributed by atoms with van der Waals surface area (Å²) in [5.41, 5.74) is 6.78. The Labute approximate surface area is 313 Å². The molecule has 7 nitrogen and oxygen atoms in total. The van der Waals surface area contributed by atoms with Gasteiger partial charge in [0.05, 0.1) is 5.54 Å². The summed E-state index contributed by atoms with van der Waals surface area (Å²) < 4.78 is 38.5. The molecule has 4 atom stereocenters. The molecular formula is C43H53F2N5O2Si. The van der Waals surface area contributed by atoms with E-state index in [4.69, 9.17) is 14.7 Å². The Balaban J connectivity index is 1.28. The second kappa shape index (κ2) is 13.8. The number of rotatable bonds is 8. The molecule has 0 radical (unpaired) electrons. The van der Waals surface area contributed by atoms with E-state index in [9.17, 15) is 9.50 Å². The average Bonchev–Trinajstić information content (AvgIpc) is 3.72. The van der Waals surface area contributed by atoms with Crippen molar-refractivity contribution in [2.24, 2.45) is 0 Å². The molecule has 4 saturated heterocycles. The molecule has 2 bridgehead atoms. The number of ether oxygens (including phenoxy) is 1. The lowest BCUT2D eigenvalue weighted by atomic mass is 9.93. The zero-order chi connectivity index (χ0) is 37.2. The molecule has 8 rings (SSSR count). The maximum Gasteiger partial charge on any atom is 0.319 e. The molecular weight excluding hydrogens is 685 g/mol. The summed E-state index contributed by atoms with van der Waals surface area (Å²) in [5, 5.41) is 16.8. The number of aromatic nitrogens is 2. The highest BCUT2D eigenvalue weighted by Crippen LogP contribution is 2.44. The molecule has 4 aliphatic heterocycles. The van der Waals surface area contributed by atoms with Crippen molar-refractivity contribution in [2.75, 3.05) is 37.7 Å². The van der Waals surface area contributed by atoms with Gasteiger partial charge in [0, 0.05) is 60.0 Å². The lowest BCUT2D eigenvalue weighted by Crippen LogP contribution is -2.52. The van der Waals surface area contributed by atoms with E-state index in [1.807, 2.05) is 24.3 Å². The van der Waals surface area contributed by atoms with Crippen LogP contribution in [0.25, 0.3) is 32.8 Å². The predicted molar refractivity (Wildman–Crippen MR) is 213 cm³/mol. The molecule has 5 heterocycles. The summed E-state index contributed by atoms with van der Waals surface area (Å²) in [6.45, 7) is 17.0. The Morgan fingerprint density at radius 1 is 1.00 bits per heavy atom. The lowest BCUT2D eigenvalue weighted by molar-refractivity contribution is 0.107. The third kappa shape index (κ3) is 6.07. The van der Waals surface area contributed by atoms with Crippen LogP contribution in [0.1, 0.15) is 79.2 Å². The normalized spacial score (nSPS) is 24.5. The van der Waals surface area contributed by atoms with Gasteiger partial charge >= 0.3 is 6.01 Å². The van der Waals surface area contributed by atoms with E-state index in [0.29, 0.717) is 51.9 Å². The number of piperazine rings is 1. The third-order valence-corrected chi connectivity index (χ3v) is 19.4. The number of phenolic OH excluding ortho intramolecular Hbond substituents is 1. The first kappa shape index (κ1) is 36.2. The fourth-order valence-electron chi connectivity index (χ4n) is 10.7. The van der Waals surface area contributed by atoms with Crippen LogP contribution in [0.15, 0.2) is 42.5 Å². The van der Waals surface area contributed by atoms with Crippen molar-refractivity contribution in [1.82, 2.24) is 20.2 Å². The highest BCUT2D eigenvalue weighted by atomic mass is 28.3. The minimum Gasteiger partial charge on any atom is -0.508 e. The topological polar surface area (TPSA) is 73.8 Å². The highest BCUT2D eigenvalue weighted by molar-refractivity contribution is 6.90. The fourth-order valence-corrected chi connectivity index (χ4v) is 15.9. The molecule has 10 heteroatoms. The molecule has 0 unspecified atom stereocenters. The summed E-state index contributed by atoms with van der Waals surface area (Å²) >= 11 is 0. The van der Waals surface area contributed by atoms with Gasteiger partial charge in [-0.1, -0.05) is 65.7 Å². The van der Waals surface area contributed by atoms with Gasteiger partial charge in [-0.3, -0.25) is 4.90 Å². The number of nitrogens with one attached hydrogen (secondary N) is 1. The summed E-state index contributed by atoms with van der Waals surface area (Å²) in [6, 6.07) is 13.6. The van der Waals surface area contributed by atoms with Gasteiger partial charge in [0.2, 0.25) is 0 Å². The molecule has 0 saturated carbocycles. The van der Waals surface area contributed by atoms with E-state index in [2.05, 4.69) is 68.1 Å². The first-order valence-corrected chi connectivity index (χ1v) is 22.0. The molecule has 4 fully saturated rings. The van der Waals surface area contributed by atoms with Crippen molar-refractivity contribution < 1.29 is 18.6 Å².